The Morgan fingerprint density at radius 1 is 1.56 bits per heavy atom. The third-order valence-corrected chi connectivity index (χ3v) is 3.80. The van der Waals surface area contributed by atoms with Crippen LogP contribution in [-0.4, -0.2) is 58.8 Å². The number of morpholine rings is 1. The molecule has 1 aliphatic heterocycles. The van der Waals surface area contributed by atoms with Gasteiger partial charge in [0.2, 0.25) is 0 Å². The van der Waals surface area contributed by atoms with Gasteiger partial charge >= 0.3 is 0 Å². The molecule has 0 atom stereocenters. The Balaban J connectivity index is 1.86. The Labute approximate surface area is 110 Å². The fourth-order valence-electron chi connectivity index (χ4n) is 1.93. The van der Waals surface area contributed by atoms with Gasteiger partial charge in [0.25, 0.3) is 5.91 Å². The molecule has 0 spiro atoms. The molecule has 1 N–H and O–H groups in total. The molecule has 1 saturated heterocycles. The molecule has 2 rings (SSSR count). The summed E-state index contributed by atoms with van der Waals surface area (Å²) < 4.78 is 9.02. The van der Waals surface area contributed by atoms with Crippen LogP contribution in [0.1, 0.15) is 23.5 Å². The molecule has 1 fully saturated rings. The quantitative estimate of drug-likeness (QED) is 0.856. The Hall–Kier alpha value is -1.05. The number of hydrogen-bond acceptors (Lipinski definition) is 6. The first kappa shape index (κ1) is 13.4. The number of amides is 1. The van der Waals surface area contributed by atoms with Crippen molar-refractivity contribution in [3.8, 4) is 0 Å². The highest BCUT2D eigenvalue weighted by Crippen LogP contribution is 2.15. The third kappa shape index (κ3) is 3.24. The summed E-state index contributed by atoms with van der Waals surface area (Å²) in [5.74, 6) is -0.105. The molecule has 0 saturated carbocycles. The van der Waals surface area contributed by atoms with Crippen LogP contribution >= 0.6 is 11.5 Å². The zero-order valence-corrected chi connectivity index (χ0v) is 11.5. The third-order valence-electron chi connectivity index (χ3n) is 3.13. The van der Waals surface area contributed by atoms with Crippen molar-refractivity contribution in [1.29, 1.82) is 0 Å². The molecular formula is C11H18N4O2S. The second kappa shape index (κ2) is 5.73. The molecule has 100 valence electrons. The largest absolute Gasteiger partial charge is 0.379 e. The van der Waals surface area contributed by atoms with Crippen LogP contribution in [0.2, 0.25) is 0 Å². The Bertz CT molecular complexity index is 388. The maximum absolute atomic E-state index is 11.8. The van der Waals surface area contributed by atoms with Crippen LogP contribution in [0.25, 0.3) is 0 Å². The first-order chi connectivity index (χ1) is 8.59. The summed E-state index contributed by atoms with van der Waals surface area (Å²) >= 11 is 1.11. The van der Waals surface area contributed by atoms with Gasteiger partial charge in [-0.1, -0.05) is 4.49 Å². The molecular weight excluding hydrogens is 252 g/mol. The van der Waals surface area contributed by atoms with Crippen LogP contribution in [-0.2, 0) is 4.74 Å². The summed E-state index contributed by atoms with van der Waals surface area (Å²) in [5, 5.41) is 6.59. The molecule has 1 aromatic rings. The maximum atomic E-state index is 11.8. The van der Waals surface area contributed by atoms with Crippen molar-refractivity contribution in [2.75, 3.05) is 32.8 Å². The standard InChI is InChI=1S/C11H18N4O2S/c1-11(2,15-3-5-17-6-4-15)8-12-10(16)9-7-13-14-18-9/h7H,3-6,8H2,1-2H3,(H,12,16). The zero-order chi connectivity index (χ0) is 13.0. The molecule has 0 aromatic carbocycles. The highest BCUT2D eigenvalue weighted by Gasteiger charge is 2.28. The summed E-state index contributed by atoms with van der Waals surface area (Å²) in [5.41, 5.74) is -0.0719. The maximum Gasteiger partial charge on any atom is 0.264 e. The van der Waals surface area contributed by atoms with E-state index in [1.807, 2.05) is 0 Å². The fourth-order valence-corrected chi connectivity index (χ4v) is 2.36. The molecule has 2 heterocycles. The minimum absolute atomic E-state index is 0.0719. The topological polar surface area (TPSA) is 67.4 Å². The molecule has 0 unspecified atom stereocenters. The summed E-state index contributed by atoms with van der Waals surface area (Å²) in [7, 11) is 0. The van der Waals surface area contributed by atoms with Gasteiger partial charge in [-0.15, -0.1) is 5.10 Å². The number of hydrogen-bond donors (Lipinski definition) is 1. The van der Waals surface area contributed by atoms with Gasteiger partial charge in [-0.2, -0.15) is 0 Å². The van der Waals surface area contributed by atoms with E-state index in [-0.39, 0.29) is 11.4 Å². The van der Waals surface area contributed by atoms with Gasteiger partial charge in [0.15, 0.2) is 0 Å². The lowest BCUT2D eigenvalue weighted by Gasteiger charge is -2.40. The van der Waals surface area contributed by atoms with E-state index in [4.69, 9.17) is 4.74 Å². The minimum atomic E-state index is -0.105. The predicted octanol–water partition coefficient (Wildman–Crippen LogP) is 0.379. The van der Waals surface area contributed by atoms with Gasteiger partial charge in [-0.05, 0) is 25.4 Å². The smallest absolute Gasteiger partial charge is 0.264 e. The number of nitrogens with one attached hydrogen (secondary N) is 1. The van der Waals surface area contributed by atoms with Crippen LogP contribution in [0.4, 0.5) is 0 Å². The van der Waals surface area contributed by atoms with E-state index in [0.717, 1.165) is 37.8 Å². The van der Waals surface area contributed by atoms with E-state index in [2.05, 4.69) is 33.7 Å². The van der Waals surface area contributed by atoms with Crippen molar-refractivity contribution in [3.63, 3.8) is 0 Å². The van der Waals surface area contributed by atoms with Crippen molar-refractivity contribution in [1.82, 2.24) is 19.8 Å². The van der Waals surface area contributed by atoms with Gasteiger partial charge in [-0.3, -0.25) is 9.69 Å². The zero-order valence-electron chi connectivity index (χ0n) is 10.7. The lowest BCUT2D eigenvalue weighted by molar-refractivity contribution is -0.00922. The van der Waals surface area contributed by atoms with Gasteiger partial charge in [0, 0.05) is 25.2 Å². The Morgan fingerprint density at radius 3 is 2.89 bits per heavy atom. The number of aromatic nitrogens is 2. The molecule has 1 aliphatic rings. The average molecular weight is 270 g/mol. The van der Waals surface area contributed by atoms with E-state index >= 15 is 0 Å². The Morgan fingerprint density at radius 2 is 2.28 bits per heavy atom. The Kier molecular flexibility index (Phi) is 4.26. The molecule has 7 heteroatoms. The van der Waals surface area contributed by atoms with Gasteiger partial charge < -0.3 is 10.1 Å². The monoisotopic (exact) mass is 270 g/mol. The minimum Gasteiger partial charge on any atom is -0.379 e. The summed E-state index contributed by atoms with van der Waals surface area (Å²) in [6.45, 7) is 8.19. The molecule has 1 amide bonds. The number of ether oxygens (including phenoxy) is 1. The molecule has 0 bridgehead atoms. The van der Waals surface area contributed by atoms with E-state index in [9.17, 15) is 4.79 Å². The first-order valence-corrected chi connectivity index (χ1v) is 6.75. The molecule has 0 radical (unpaired) electrons. The number of carbonyl (C=O) groups is 1. The second-order valence-corrected chi connectivity index (χ2v) is 5.66. The molecule has 0 aliphatic carbocycles. The summed E-state index contributed by atoms with van der Waals surface area (Å²) in [4.78, 5) is 14.7. The van der Waals surface area contributed by atoms with E-state index < -0.39 is 0 Å². The van der Waals surface area contributed by atoms with Crippen molar-refractivity contribution < 1.29 is 9.53 Å². The van der Waals surface area contributed by atoms with E-state index in [1.54, 1.807) is 0 Å². The SMILES string of the molecule is CC(C)(CNC(=O)c1cnns1)N1CCOCC1. The van der Waals surface area contributed by atoms with Crippen LogP contribution < -0.4 is 5.32 Å². The van der Waals surface area contributed by atoms with Gasteiger partial charge in [-0.25, -0.2) is 0 Å². The van der Waals surface area contributed by atoms with Crippen LogP contribution in [0.3, 0.4) is 0 Å². The highest BCUT2D eigenvalue weighted by molar-refractivity contribution is 7.07. The van der Waals surface area contributed by atoms with Crippen molar-refractivity contribution in [3.05, 3.63) is 11.1 Å². The van der Waals surface area contributed by atoms with Crippen LogP contribution in [0, 0.1) is 0 Å². The van der Waals surface area contributed by atoms with Crippen LogP contribution in [0.5, 0.6) is 0 Å². The lowest BCUT2D eigenvalue weighted by Crippen LogP contribution is -2.55. The van der Waals surface area contributed by atoms with E-state index in [0.29, 0.717) is 11.4 Å². The lowest BCUT2D eigenvalue weighted by atomic mass is 10.0. The first-order valence-electron chi connectivity index (χ1n) is 5.98. The van der Waals surface area contributed by atoms with Crippen molar-refractivity contribution in [2.45, 2.75) is 19.4 Å². The average Bonchev–Trinajstić information content (AvgIpc) is 2.91. The normalized spacial score (nSPS) is 17.7. The number of carbonyl (C=O) groups excluding carboxylic acids is 1. The number of nitrogens with zero attached hydrogens (tertiary/aromatic N) is 3. The van der Waals surface area contributed by atoms with Crippen molar-refractivity contribution in [2.24, 2.45) is 0 Å². The van der Waals surface area contributed by atoms with Crippen molar-refractivity contribution >= 4 is 17.4 Å². The predicted molar refractivity (Wildman–Crippen MR) is 68.7 cm³/mol. The fraction of sp³-hybridized carbons (Fsp3) is 0.727. The van der Waals surface area contributed by atoms with Gasteiger partial charge in [0.1, 0.15) is 4.88 Å². The molecule has 18 heavy (non-hydrogen) atoms. The molecule has 1 aromatic heterocycles. The highest BCUT2D eigenvalue weighted by atomic mass is 32.1. The van der Waals surface area contributed by atoms with E-state index in [1.165, 1.54) is 6.20 Å². The second-order valence-electron chi connectivity index (χ2n) is 4.88. The number of rotatable bonds is 4. The molecule has 6 nitrogen and oxygen atoms in total. The van der Waals surface area contributed by atoms with Crippen LogP contribution in [0.15, 0.2) is 6.20 Å². The summed E-state index contributed by atoms with van der Waals surface area (Å²) in [6, 6.07) is 0. The van der Waals surface area contributed by atoms with Gasteiger partial charge in [0.05, 0.1) is 19.4 Å². The summed E-state index contributed by atoms with van der Waals surface area (Å²) in [6.07, 6.45) is 1.49.